The molecule has 0 radical (unpaired) electrons. The summed E-state index contributed by atoms with van der Waals surface area (Å²) in [7, 11) is 0. The lowest BCUT2D eigenvalue weighted by atomic mass is 9.98. The highest BCUT2D eigenvalue weighted by atomic mass is 16.1. The molecule has 0 bridgehead atoms. The van der Waals surface area contributed by atoms with E-state index in [4.69, 9.17) is 0 Å². The van der Waals surface area contributed by atoms with Crippen molar-refractivity contribution >= 4 is 5.91 Å². The van der Waals surface area contributed by atoms with E-state index in [9.17, 15) is 4.79 Å². The standard InChI is InChI=1S/C14H20N2O/c1-10-4-3-5-13(6-10)11(2)16-14(17)7-12-8-15-9-12/h3-6,11-12,15H,7-9H2,1-2H3,(H,16,17)/t11-/m0/s1. The van der Waals surface area contributed by atoms with Gasteiger partial charge in [0.1, 0.15) is 0 Å². The molecule has 1 atom stereocenters. The Hall–Kier alpha value is -1.35. The molecule has 0 spiro atoms. The highest BCUT2D eigenvalue weighted by Gasteiger charge is 2.20. The third-order valence-electron chi connectivity index (χ3n) is 3.26. The smallest absolute Gasteiger partial charge is 0.220 e. The molecule has 2 N–H and O–H groups in total. The van der Waals surface area contributed by atoms with Gasteiger partial charge in [0, 0.05) is 6.42 Å². The molecule has 1 aliphatic heterocycles. The van der Waals surface area contributed by atoms with E-state index in [0.29, 0.717) is 12.3 Å². The minimum atomic E-state index is 0.0930. The Morgan fingerprint density at radius 3 is 2.88 bits per heavy atom. The lowest BCUT2D eigenvalue weighted by Gasteiger charge is -2.27. The van der Waals surface area contributed by atoms with Crippen LogP contribution in [0.3, 0.4) is 0 Å². The van der Waals surface area contributed by atoms with E-state index in [2.05, 4.69) is 35.8 Å². The molecule has 1 aliphatic rings. The van der Waals surface area contributed by atoms with Crippen LogP contribution in [0.25, 0.3) is 0 Å². The Labute approximate surface area is 103 Å². The molecular formula is C14H20N2O. The second-order valence-corrected chi connectivity index (χ2v) is 4.93. The van der Waals surface area contributed by atoms with Crippen molar-refractivity contribution in [1.82, 2.24) is 10.6 Å². The van der Waals surface area contributed by atoms with Gasteiger partial charge in [-0.3, -0.25) is 4.79 Å². The van der Waals surface area contributed by atoms with E-state index in [0.717, 1.165) is 13.1 Å². The van der Waals surface area contributed by atoms with Crippen LogP contribution < -0.4 is 10.6 Å². The average Bonchev–Trinajstić information content (AvgIpc) is 2.23. The van der Waals surface area contributed by atoms with Crippen molar-refractivity contribution in [2.75, 3.05) is 13.1 Å². The molecule has 1 aromatic carbocycles. The number of benzene rings is 1. The lowest BCUT2D eigenvalue weighted by Crippen LogP contribution is -2.44. The van der Waals surface area contributed by atoms with Crippen molar-refractivity contribution in [3.05, 3.63) is 35.4 Å². The summed E-state index contributed by atoms with van der Waals surface area (Å²) in [6.07, 6.45) is 0.642. The molecule has 1 fully saturated rings. The Kier molecular flexibility index (Phi) is 3.79. The van der Waals surface area contributed by atoms with Crippen LogP contribution >= 0.6 is 0 Å². The molecule has 1 amide bonds. The monoisotopic (exact) mass is 232 g/mol. The fraction of sp³-hybridized carbons (Fsp3) is 0.500. The van der Waals surface area contributed by atoms with Crippen LogP contribution in [0.4, 0.5) is 0 Å². The molecule has 1 saturated heterocycles. The fourth-order valence-electron chi connectivity index (χ4n) is 2.08. The van der Waals surface area contributed by atoms with E-state index in [1.165, 1.54) is 11.1 Å². The predicted molar refractivity (Wildman–Crippen MR) is 68.7 cm³/mol. The van der Waals surface area contributed by atoms with Crippen molar-refractivity contribution in [3.63, 3.8) is 0 Å². The second kappa shape index (κ2) is 5.32. The van der Waals surface area contributed by atoms with Gasteiger partial charge in [-0.1, -0.05) is 29.8 Å². The highest BCUT2D eigenvalue weighted by Crippen LogP contribution is 2.15. The summed E-state index contributed by atoms with van der Waals surface area (Å²) in [5, 5.41) is 6.23. The second-order valence-electron chi connectivity index (χ2n) is 4.93. The molecule has 0 aromatic heterocycles. The zero-order chi connectivity index (χ0) is 12.3. The maximum Gasteiger partial charge on any atom is 0.220 e. The van der Waals surface area contributed by atoms with Crippen molar-refractivity contribution in [2.45, 2.75) is 26.3 Å². The Morgan fingerprint density at radius 2 is 2.29 bits per heavy atom. The Balaban J connectivity index is 1.87. The third kappa shape index (κ3) is 3.30. The number of aryl methyl sites for hydroxylation is 1. The van der Waals surface area contributed by atoms with Crippen LogP contribution in [0.15, 0.2) is 24.3 Å². The van der Waals surface area contributed by atoms with Gasteiger partial charge < -0.3 is 10.6 Å². The first-order valence-electron chi connectivity index (χ1n) is 6.22. The summed E-state index contributed by atoms with van der Waals surface area (Å²) in [6, 6.07) is 8.37. The fourth-order valence-corrected chi connectivity index (χ4v) is 2.08. The number of rotatable bonds is 4. The first-order chi connectivity index (χ1) is 8.15. The summed E-state index contributed by atoms with van der Waals surface area (Å²) in [6.45, 7) is 6.06. The summed E-state index contributed by atoms with van der Waals surface area (Å²) in [5.74, 6) is 0.685. The van der Waals surface area contributed by atoms with Crippen molar-refractivity contribution < 1.29 is 4.79 Å². The molecule has 3 heteroatoms. The number of hydrogen-bond donors (Lipinski definition) is 2. The van der Waals surface area contributed by atoms with E-state index in [1.54, 1.807) is 0 Å². The summed E-state index contributed by atoms with van der Waals surface area (Å²) >= 11 is 0. The van der Waals surface area contributed by atoms with E-state index < -0.39 is 0 Å². The normalized spacial score (nSPS) is 17.3. The van der Waals surface area contributed by atoms with E-state index in [1.807, 2.05) is 13.0 Å². The molecule has 1 aromatic rings. The minimum Gasteiger partial charge on any atom is -0.350 e. The zero-order valence-electron chi connectivity index (χ0n) is 10.5. The van der Waals surface area contributed by atoms with Gasteiger partial charge in [-0.25, -0.2) is 0 Å². The molecule has 3 nitrogen and oxygen atoms in total. The van der Waals surface area contributed by atoms with Gasteiger partial charge in [0.05, 0.1) is 6.04 Å². The van der Waals surface area contributed by atoms with Gasteiger partial charge >= 0.3 is 0 Å². The lowest BCUT2D eigenvalue weighted by molar-refractivity contribution is -0.123. The summed E-state index contributed by atoms with van der Waals surface area (Å²) in [5.41, 5.74) is 2.40. The number of carbonyl (C=O) groups excluding carboxylic acids is 1. The Bertz CT molecular complexity index is 399. The van der Waals surface area contributed by atoms with Crippen LogP contribution in [0, 0.1) is 12.8 Å². The van der Waals surface area contributed by atoms with Crippen LogP contribution in [0.1, 0.15) is 30.5 Å². The van der Waals surface area contributed by atoms with Gasteiger partial charge in [0.2, 0.25) is 5.91 Å². The largest absolute Gasteiger partial charge is 0.350 e. The molecule has 92 valence electrons. The third-order valence-corrected chi connectivity index (χ3v) is 3.26. The van der Waals surface area contributed by atoms with Gasteiger partial charge in [0.25, 0.3) is 0 Å². The van der Waals surface area contributed by atoms with Gasteiger partial charge in [0.15, 0.2) is 0 Å². The quantitative estimate of drug-likeness (QED) is 0.831. The van der Waals surface area contributed by atoms with E-state index in [-0.39, 0.29) is 11.9 Å². The highest BCUT2D eigenvalue weighted by molar-refractivity contribution is 5.76. The minimum absolute atomic E-state index is 0.0930. The van der Waals surface area contributed by atoms with Crippen molar-refractivity contribution in [2.24, 2.45) is 5.92 Å². The molecular weight excluding hydrogens is 212 g/mol. The molecule has 2 rings (SSSR count). The van der Waals surface area contributed by atoms with E-state index >= 15 is 0 Å². The maximum absolute atomic E-state index is 11.8. The Morgan fingerprint density at radius 1 is 1.53 bits per heavy atom. The molecule has 17 heavy (non-hydrogen) atoms. The SMILES string of the molecule is Cc1cccc([C@H](C)NC(=O)CC2CNC2)c1. The summed E-state index contributed by atoms with van der Waals surface area (Å²) in [4.78, 5) is 11.8. The first kappa shape index (κ1) is 12.1. The van der Waals surface area contributed by atoms with Crippen molar-refractivity contribution in [1.29, 1.82) is 0 Å². The zero-order valence-corrected chi connectivity index (χ0v) is 10.5. The van der Waals surface area contributed by atoms with Gasteiger partial charge in [-0.2, -0.15) is 0 Å². The predicted octanol–water partition coefficient (Wildman–Crippen LogP) is 1.78. The van der Waals surface area contributed by atoms with Crippen LogP contribution in [-0.4, -0.2) is 19.0 Å². The van der Waals surface area contributed by atoms with Gasteiger partial charge in [-0.15, -0.1) is 0 Å². The number of amides is 1. The van der Waals surface area contributed by atoms with Gasteiger partial charge in [-0.05, 0) is 38.4 Å². The molecule has 1 heterocycles. The molecule has 0 unspecified atom stereocenters. The average molecular weight is 232 g/mol. The number of carbonyl (C=O) groups is 1. The number of hydrogen-bond acceptors (Lipinski definition) is 2. The van der Waals surface area contributed by atoms with Crippen molar-refractivity contribution in [3.8, 4) is 0 Å². The summed E-state index contributed by atoms with van der Waals surface area (Å²) < 4.78 is 0. The topological polar surface area (TPSA) is 41.1 Å². The van der Waals surface area contributed by atoms with Crippen LogP contribution in [0.5, 0.6) is 0 Å². The molecule has 0 aliphatic carbocycles. The van der Waals surface area contributed by atoms with Crippen LogP contribution in [0.2, 0.25) is 0 Å². The molecule has 0 saturated carbocycles. The number of nitrogens with one attached hydrogen (secondary N) is 2. The van der Waals surface area contributed by atoms with Crippen LogP contribution in [-0.2, 0) is 4.79 Å². The maximum atomic E-state index is 11.8. The first-order valence-corrected chi connectivity index (χ1v) is 6.22.